The number of thiocarbonyl (C=S) groups is 1. The second-order valence-corrected chi connectivity index (χ2v) is 5.21. The number of phenolic OH excluding ortho intramolecular Hbond substituents is 1. The van der Waals surface area contributed by atoms with Gasteiger partial charge >= 0.3 is 0 Å². The summed E-state index contributed by atoms with van der Waals surface area (Å²) in [4.78, 5) is 12.4. The van der Waals surface area contributed by atoms with Crippen molar-refractivity contribution in [2.75, 3.05) is 0 Å². The molecule has 0 heterocycles. The number of amides is 1. The van der Waals surface area contributed by atoms with Crippen molar-refractivity contribution < 1.29 is 9.90 Å². The van der Waals surface area contributed by atoms with Gasteiger partial charge < -0.3 is 16.2 Å². The number of carbonyl (C=O) groups is 1. The maximum absolute atomic E-state index is 12.0. The Morgan fingerprint density at radius 1 is 1.29 bits per heavy atom. The summed E-state index contributed by atoms with van der Waals surface area (Å²) in [7, 11) is 0. The van der Waals surface area contributed by atoms with E-state index in [2.05, 4.69) is 5.32 Å². The molecule has 0 fully saturated rings. The lowest BCUT2D eigenvalue weighted by atomic mass is 10.1. The van der Waals surface area contributed by atoms with Crippen LogP contribution in [0.2, 0.25) is 0 Å². The summed E-state index contributed by atoms with van der Waals surface area (Å²) in [5.41, 5.74) is 8.38. The summed E-state index contributed by atoms with van der Waals surface area (Å²) < 4.78 is 0. The van der Waals surface area contributed by atoms with Gasteiger partial charge in [0.2, 0.25) is 0 Å². The molecule has 4 nitrogen and oxygen atoms in total. The van der Waals surface area contributed by atoms with E-state index >= 15 is 0 Å². The molecule has 0 aromatic heterocycles. The van der Waals surface area contributed by atoms with E-state index in [4.69, 9.17) is 18.0 Å². The highest BCUT2D eigenvalue weighted by molar-refractivity contribution is 7.80. The Balaban J connectivity index is 2.07. The molecular weight excluding hydrogens is 284 g/mol. The predicted octanol–water partition coefficient (Wildman–Crippen LogP) is 2.26. The van der Waals surface area contributed by atoms with Crippen LogP contribution in [0.15, 0.2) is 42.5 Å². The molecule has 0 spiro atoms. The Bertz CT molecular complexity index is 698. The van der Waals surface area contributed by atoms with Gasteiger partial charge in [-0.2, -0.15) is 0 Å². The van der Waals surface area contributed by atoms with E-state index in [9.17, 15) is 9.90 Å². The van der Waals surface area contributed by atoms with Crippen molar-refractivity contribution in [1.82, 2.24) is 5.32 Å². The fraction of sp³-hybridized carbons (Fsp3) is 0.125. The van der Waals surface area contributed by atoms with Gasteiger partial charge in [0, 0.05) is 12.1 Å². The van der Waals surface area contributed by atoms with E-state index < -0.39 is 0 Å². The average Bonchev–Trinajstić information content (AvgIpc) is 2.45. The van der Waals surface area contributed by atoms with E-state index in [1.54, 1.807) is 18.2 Å². The highest BCUT2D eigenvalue weighted by atomic mass is 32.1. The number of carbonyl (C=O) groups excluding carboxylic acids is 1. The second kappa shape index (κ2) is 6.37. The fourth-order valence-electron chi connectivity index (χ4n) is 1.95. The molecule has 2 aromatic carbocycles. The quantitative estimate of drug-likeness (QED) is 0.757. The lowest BCUT2D eigenvalue weighted by molar-refractivity contribution is 0.0948. The van der Waals surface area contributed by atoms with Crippen LogP contribution in [0.3, 0.4) is 0 Å². The molecule has 0 aliphatic rings. The first-order valence-corrected chi connectivity index (χ1v) is 6.85. The van der Waals surface area contributed by atoms with Gasteiger partial charge in [0.25, 0.3) is 5.91 Å². The molecule has 5 heteroatoms. The van der Waals surface area contributed by atoms with Crippen LogP contribution in [0.4, 0.5) is 0 Å². The maximum Gasteiger partial charge on any atom is 0.255 e. The number of nitrogens with two attached hydrogens (primary N) is 1. The van der Waals surface area contributed by atoms with E-state index in [1.807, 2.05) is 31.2 Å². The minimum absolute atomic E-state index is 0.0237. The first kappa shape index (κ1) is 15.0. The highest BCUT2D eigenvalue weighted by Gasteiger charge is 2.10. The van der Waals surface area contributed by atoms with Crippen molar-refractivity contribution in [2.24, 2.45) is 5.73 Å². The summed E-state index contributed by atoms with van der Waals surface area (Å²) in [6.07, 6.45) is 0. The molecule has 2 aromatic rings. The van der Waals surface area contributed by atoms with Crippen molar-refractivity contribution in [2.45, 2.75) is 13.5 Å². The molecule has 21 heavy (non-hydrogen) atoms. The SMILES string of the molecule is Cc1ccc(C(=O)NCc2cccc(C(N)=S)c2)c(O)c1. The Morgan fingerprint density at radius 2 is 2.05 bits per heavy atom. The molecule has 2 rings (SSSR count). The fourth-order valence-corrected chi connectivity index (χ4v) is 2.07. The van der Waals surface area contributed by atoms with E-state index in [-0.39, 0.29) is 17.2 Å². The van der Waals surface area contributed by atoms with Crippen molar-refractivity contribution in [3.63, 3.8) is 0 Å². The molecule has 108 valence electrons. The average molecular weight is 300 g/mol. The van der Waals surface area contributed by atoms with Gasteiger partial charge in [0.15, 0.2) is 0 Å². The van der Waals surface area contributed by atoms with Crippen molar-refractivity contribution in [3.8, 4) is 5.75 Å². The minimum atomic E-state index is -0.326. The van der Waals surface area contributed by atoms with Gasteiger partial charge in [-0.15, -0.1) is 0 Å². The van der Waals surface area contributed by atoms with Crippen LogP contribution in [0.5, 0.6) is 5.75 Å². The van der Waals surface area contributed by atoms with Gasteiger partial charge in [-0.25, -0.2) is 0 Å². The van der Waals surface area contributed by atoms with Crippen molar-refractivity contribution >= 4 is 23.1 Å². The summed E-state index contributed by atoms with van der Waals surface area (Å²) >= 11 is 4.92. The third-order valence-electron chi connectivity index (χ3n) is 3.06. The van der Waals surface area contributed by atoms with E-state index in [1.165, 1.54) is 0 Å². The third-order valence-corrected chi connectivity index (χ3v) is 3.30. The van der Waals surface area contributed by atoms with Crippen LogP contribution in [0, 0.1) is 6.92 Å². The van der Waals surface area contributed by atoms with Crippen molar-refractivity contribution in [1.29, 1.82) is 0 Å². The number of nitrogens with one attached hydrogen (secondary N) is 1. The van der Waals surface area contributed by atoms with Crippen LogP contribution in [-0.4, -0.2) is 16.0 Å². The first-order chi connectivity index (χ1) is 9.97. The number of hydrogen-bond acceptors (Lipinski definition) is 3. The largest absolute Gasteiger partial charge is 0.507 e. The Morgan fingerprint density at radius 3 is 2.71 bits per heavy atom. The number of rotatable bonds is 4. The van der Waals surface area contributed by atoms with Crippen LogP contribution in [-0.2, 0) is 6.54 Å². The monoisotopic (exact) mass is 300 g/mol. The Kier molecular flexibility index (Phi) is 4.55. The lowest BCUT2D eigenvalue weighted by Crippen LogP contribution is -2.23. The van der Waals surface area contributed by atoms with Crippen molar-refractivity contribution in [3.05, 3.63) is 64.7 Å². The molecule has 0 radical (unpaired) electrons. The first-order valence-electron chi connectivity index (χ1n) is 6.44. The van der Waals surface area contributed by atoms with Gasteiger partial charge in [0.1, 0.15) is 10.7 Å². The molecule has 0 atom stereocenters. The smallest absolute Gasteiger partial charge is 0.255 e. The van der Waals surface area contributed by atoms with E-state index in [0.29, 0.717) is 11.5 Å². The van der Waals surface area contributed by atoms with Crippen LogP contribution in [0.1, 0.15) is 27.0 Å². The molecule has 0 saturated carbocycles. The summed E-state index contributed by atoms with van der Waals surface area (Å²) in [6, 6.07) is 12.3. The van der Waals surface area contributed by atoms with Gasteiger partial charge in [0.05, 0.1) is 5.56 Å². The summed E-state index contributed by atoms with van der Waals surface area (Å²) in [6.45, 7) is 2.19. The normalized spacial score (nSPS) is 10.1. The number of hydrogen-bond donors (Lipinski definition) is 3. The number of phenols is 1. The zero-order valence-electron chi connectivity index (χ0n) is 11.6. The lowest BCUT2D eigenvalue weighted by Gasteiger charge is -2.08. The molecule has 0 saturated heterocycles. The maximum atomic E-state index is 12.0. The van der Waals surface area contributed by atoms with Gasteiger partial charge in [-0.05, 0) is 36.2 Å². The second-order valence-electron chi connectivity index (χ2n) is 4.77. The van der Waals surface area contributed by atoms with Gasteiger partial charge in [-0.3, -0.25) is 4.79 Å². The molecule has 0 aliphatic carbocycles. The van der Waals surface area contributed by atoms with E-state index in [0.717, 1.165) is 16.7 Å². The molecule has 1 amide bonds. The Hall–Kier alpha value is -2.40. The summed E-state index contributed by atoms with van der Waals surface area (Å²) in [5.74, 6) is -0.349. The highest BCUT2D eigenvalue weighted by Crippen LogP contribution is 2.18. The zero-order valence-corrected chi connectivity index (χ0v) is 12.4. The predicted molar refractivity (Wildman–Crippen MR) is 86.3 cm³/mol. The molecule has 4 N–H and O–H groups in total. The van der Waals surface area contributed by atoms with Crippen LogP contribution in [0.25, 0.3) is 0 Å². The summed E-state index contributed by atoms with van der Waals surface area (Å²) in [5, 5.41) is 12.5. The number of aryl methyl sites for hydroxylation is 1. The van der Waals surface area contributed by atoms with Gasteiger partial charge in [-0.1, -0.05) is 36.5 Å². The molecular formula is C16H16N2O2S. The minimum Gasteiger partial charge on any atom is -0.507 e. The standard InChI is InChI=1S/C16H16N2O2S/c1-10-5-6-13(14(19)7-10)16(20)18-9-11-3-2-4-12(8-11)15(17)21/h2-8,19H,9H2,1H3,(H2,17,21)(H,18,20). The third kappa shape index (κ3) is 3.79. The number of aromatic hydroxyl groups is 1. The Labute approximate surface area is 128 Å². The zero-order chi connectivity index (χ0) is 15.4. The van der Waals surface area contributed by atoms with Crippen LogP contribution < -0.4 is 11.1 Å². The molecule has 0 unspecified atom stereocenters. The molecule has 0 bridgehead atoms. The molecule has 0 aliphatic heterocycles. The number of benzene rings is 2. The van der Waals surface area contributed by atoms with Crippen LogP contribution >= 0.6 is 12.2 Å². The topological polar surface area (TPSA) is 75.4 Å².